The van der Waals surface area contributed by atoms with Crippen LogP contribution in [0.3, 0.4) is 0 Å². The highest BCUT2D eigenvalue weighted by Crippen LogP contribution is 2.31. The lowest BCUT2D eigenvalue weighted by atomic mass is 10.0. The number of carboxylic acids is 1. The number of ether oxygens (including phenoxy) is 4. The molecule has 0 aliphatic carbocycles. The Morgan fingerprint density at radius 3 is 2.74 bits per heavy atom. The first kappa shape index (κ1) is 21.1. The molecular weight excluding hydrogens is 356 g/mol. The monoisotopic (exact) mass is 382 g/mol. The summed E-state index contributed by atoms with van der Waals surface area (Å²) < 4.78 is 21.8. The molecule has 1 aromatic rings. The fraction of sp³-hybridized carbons (Fsp3) is 0.556. The van der Waals surface area contributed by atoms with Gasteiger partial charge in [-0.15, -0.1) is 0 Å². The van der Waals surface area contributed by atoms with Crippen LogP contribution in [0.25, 0.3) is 0 Å². The maximum Gasteiger partial charge on any atom is 0.333 e. The maximum absolute atomic E-state index is 12.0. The number of amides is 1. The lowest BCUT2D eigenvalue weighted by molar-refractivity contribution is -0.198. The van der Waals surface area contributed by atoms with Gasteiger partial charge in [0.1, 0.15) is 5.75 Å². The van der Waals surface area contributed by atoms with E-state index in [9.17, 15) is 14.7 Å². The summed E-state index contributed by atoms with van der Waals surface area (Å²) in [5.74, 6) is -0.956. The van der Waals surface area contributed by atoms with E-state index in [0.717, 1.165) is 5.56 Å². The fourth-order valence-corrected chi connectivity index (χ4v) is 2.79. The molecule has 1 aliphatic heterocycles. The van der Waals surface area contributed by atoms with Crippen molar-refractivity contribution in [3.05, 3.63) is 23.8 Å². The molecule has 0 radical (unpaired) electrons. The average Bonchev–Trinajstić information content (AvgIpc) is 2.64. The smallest absolute Gasteiger partial charge is 0.333 e. The van der Waals surface area contributed by atoms with Crippen molar-refractivity contribution in [3.63, 3.8) is 0 Å². The number of methoxy groups -OCH3 is 2. The van der Waals surface area contributed by atoms with Crippen molar-refractivity contribution in [2.24, 2.45) is 5.73 Å². The van der Waals surface area contributed by atoms with Gasteiger partial charge in [-0.1, -0.05) is 6.07 Å². The summed E-state index contributed by atoms with van der Waals surface area (Å²) in [5.41, 5.74) is 6.71. The normalized spacial score (nSPS) is 22.3. The van der Waals surface area contributed by atoms with Gasteiger partial charge in [0.25, 0.3) is 0 Å². The van der Waals surface area contributed by atoms with Gasteiger partial charge in [0.05, 0.1) is 18.4 Å². The van der Waals surface area contributed by atoms with Gasteiger partial charge in [-0.05, 0) is 17.7 Å². The first-order chi connectivity index (χ1) is 13.0. The SMILES string of the molecule is COCc1ccc(OC2CC(OC)CC(C(=O)O)O2)c(NC(=O)CCN)c1. The van der Waals surface area contributed by atoms with Gasteiger partial charge in [0.15, 0.2) is 6.10 Å². The van der Waals surface area contributed by atoms with Gasteiger partial charge < -0.3 is 35.1 Å². The summed E-state index contributed by atoms with van der Waals surface area (Å²) in [7, 11) is 3.09. The number of carbonyl (C=O) groups is 2. The van der Waals surface area contributed by atoms with Gasteiger partial charge in [-0.25, -0.2) is 4.79 Å². The largest absolute Gasteiger partial charge is 0.479 e. The highest BCUT2D eigenvalue weighted by atomic mass is 16.7. The zero-order valence-electron chi connectivity index (χ0n) is 15.5. The Bertz CT molecular complexity index is 653. The van der Waals surface area contributed by atoms with E-state index in [1.165, 1.54) is 7.11 Å². The Balaban J connectivity index is 2.19. The number of rotatable bonds is 9. The molecule has 0 aromatic heterocycles. The zero-order chi connectivity index (χ0) is 19.8. The number of benzene rings is 1. The molecule has 9 nitrogen and oxygen atoms in total. The third-order valence-electron chi connectivity index (χ3n) is 4.12. The lowest BCUT2D eigenvalue weighted by Crippen LogP contribution is -2.43. The molecule has 4 N–H and O–H groups in total. The second kappa shape index (κ2) is 10.2. The average molecular weight is 382 g/mol. The number of aliphatic carboxylic acids is 1. The number of nitrogens with one attached hydrogen (secondary N) is 1. The van der Waals surface area contributed by atoms with E-state index < -0.39 is 18.4 Å². The van der Waals surface area contributed by atoms with Crippen molar-refractivity contribution in [2.75, 3.05) is 26.1 Å². The van der Waals surface area contributed by atoms with Crippen molar-refractivity contribution >= 4 is 17.6 Å². The standard InChI is InChI=1S/C18H26N2O7/c1-24-10-11-3-4-14(13(7-11)20-16(21)5-6-19)26-17-9-12(25-2)8-15(27-17)18(22)23/h3-4,7,12,15,17H,5-6,8-10,19H2,1-2H3,(H,20,21)(H,22,23). The lowest BCUT2D eigenvalue weighted by Gasteiger charge is -2.33. The number of anilines is 1. The van der Waals surface area contributed by atoms with E-state index in [1.54, 1.807) is 25.3 Å². The predicted octanol–water partition coefficient (Wildman–Crippen LogP) is 1.10. The van der Waals surface area contributed by atoms with Crippen LogP contribution >= 0.6 is 0 Å². The highest BCUT2D eigenvalue weighted by molar-refractivity contribution is 5.92. The molecule has 0 saturated carbocycles. The number of carboxylic acid groups (broad SMARTS) is 1. The summed E-state index contributed by atoms with van der Waals surface area (Å²) in [6, 6.07) is 5.21. The fourth-order valence-electron chi connectivity index (χ4n) is 2.79. The number of hydrogen-bond acceptors (Lipinski definition) is 7. The van der Waals surface area contributed by atoms with Crippen molar-refractivity contribution in [1.82, 2.24) is 0 Å². The Hall–Kier alpha value is -2.20. The first-order valence-electron chi connectivity index (χ1n) is 8.66. The molecular formula is C18H26N2O7. The summed E-state index contributed by atoms with van der Waals surface area (Å²) in [5, 5.41) is 12.0. The molecule has 1 saturated heterocycles. The molecule has 1 aliphatic rings. The van der Waals surface area contributed by atoms with E-state index in [2.05, 4.69) is 5.32 Å². The predicted molar refractivity (Wildman–Crippen MR) is 96.4 cm³/mol. The maximum atomic E-state index is 12.0. The second-order valence-electron chi connectivity index (χ2n) is 6.19. The Morgan fingerprint density at radius 2 is 2.11 bits per heavy atom. The molecule has 1 aromatic carbocycles. The zero-order valence-corrected chi connectivity index (χ0v) is 15.5. The third kappa shape index (κ3) is 6.17. The van der Waals surface area contributed by atoms with E-state index in [0.29, 0.717) is 24.5 Å². The highest BCUT2D eigenvalue weighted by Gasteiger charge is 2.35. The Kier molecular flexibility index (Phi) is 7.99. The minimum Gasteiger partial charge on any atom is -0.479 e. The summed E-state index contributed by atoms with van der Waals surface area (Å²) in [6.07, 6.45) is -1.34. The van der Waals surface area contributed by atoms with Crippen LogP contribution in [0, 0.1) is 0 Å². The summed E-state index contributed by atoms with van der Waals surface area (Å²) in [4.78, 5) is 23.3. The van der Waals surface area contributed by atoms with Gasteiger partial charge in [-0.3, -0.25) is 4.79 Å². The van der Waals surface area contributed by atoms with Crippen molar-refractivity contribution in [1.29, 1.82) is 0 Å². The molecule has 2 rings (SSSR count). The van der Waals surface area contributed by atoms with E-state index >= 15 is 0 Å². The van der Waals surface area contributed by atoms with Crippen molar-refractivity contribution in [2.45, 2.75) is 44.4 Å². The van der Waals surface area contributed by atoms with Crippen LogP contribution in [0.2, 0.25) is 0 Å². The first-order valence-corrected chi connectivity index (χ1v) is 8.66. The molecule has 9 heteroatoms. The van der Waals surface area contributed by atoms with Gasteiger partial charge >= 0.3 is 5.97 Å². The van der Waals surface area contributed by atoms with E-state index in [4.69, 9.17) is 24.7 Å². The van der Waals surface area contributed by atoms with Gasteiger partial charge in [-0.2, -0.15) is 0 Å². The van der Waals surface area contributed by atoms with Crippen LogP contribution in [0.1, 0.15) is 24.8 Å². The van der Waals surface area contributed by atoms with Crippen LogP contribution in [-0.2, 0) is 30.4 Å². The molecule has 0 bridgehead atoms. The summed E-state index contributed by atoms with van der Waals surface area (Å²) in [6.45, 7) is 0.591. The number of carbonyl (C=O) groups excluding carboxylic acids is 1. The minimum absolute atomic E-state index is 0.167. The van der Waals surface area contributed by atoms with E-state index in [-0.39, 0.29) is 31.4 Å². The number of hydrogen-bond donors (Lipinski definition) is 3. The Morgan fingerprint density at radius 1 is 1.33 bits per heavy atom. The molecule has 1 amide bonds. The molecule has 1 fully saturated rings. The topological polar surface area (TPSA) is 129 Å². The molecule has 1 heterocycles. The quantitative estimate of drug-likeness (QED) is 0.579. The van der Waals surface area contributed by atoms with Crippen LogP contribution in [0.5, 0.6) is 5.75 Å². The van der Waals surface area contributed by atoms with Crippen molar-refractivity contribution < 1.29 is 33.6 Å². The molecule has 150 valence electrons. The molecule has 3 atom stereocenters. The van der Waals surface area contributed by atoms with Gasteiger partial charge in [0.2, 0.25) is 12.2 Å². The van der Waals surface area contributed by atoms with Crippen LogP contribution in [-0.4, -0.2) is 56.2 Å². The van der Waals surface area contributed by atoms with Crippen LogP contribution < -0.4 is 15.8 Å². The van der Waals surface area contributed by atoms with Crippen LogP contribution in [0.15, 0.2) is 18.2 Å². The minimum atomic E-state index is -1.07. The molecule has 27 heavy (non-hydrogen) atoms. The van der Waals surface area contributed by atoms with Crippen LogP contribution in [0.4, 0.5) is 5.69 Å². The summed E-state index contributed by atoms with van der Waals surface area (Å²) >= 11 is 0. The number of nitrogens with two attached hydrogens (primary N) is 1. The molecule has 3 unspecified atom stereocenters. The van der Waals surface area contributed by atoms with Gasteiger partial charge in [0, 0.05) is 40.0 Å². The second-order valence-corrected chi connectivity index (χ2v) is 6.19. The Labute approximate surface area is 157 Å². The molecule has 0 spiro atoms. The van der Waals surface area contributed by atoms with Crippen molar-refractivity contribution in [3.8, 4) is 5.75 Å². The van der Waals surface area contributed by atoms with E-state index in [1.807, 2.05) is 0 Å². The third-order valence-corrected chi connectivity index (χ3v) is 4.12.